The lowest BCUT2D eigenvalue weighted by Crippen LogP contribution is -2.32. The predicted octanol–water partition coefficient (Wildman–Crippen LogP) is 3.68. The average molecular weight is 406 g/mol. The summed E-state index contributed by atoms with van der Waals surface area (Å²) in [6.07, 6.45) is 0.835. The number of rotatable bonds is 6. The molecule has 1 unspecified atom stereocenters. The minimum Gasteiger partial charge on any atom is -0.306 e. The van der Waals surface area contributed by atoms with E-state index < -0.39 is 9.84 Å². The summed E-state index contributed by atoms with van der Waals surface area (Å²) in [4.78, 5) is 2.25. The molecule has 0 saturated carbocycles. The zero-order chi connectivity index (χ0) is 19.6. The lowest BCUT2D eigenvalue weighted by atomic mass is 10.1. The summed E-state index contributed by atoms with van der Waals surface area (Å²) in [6, 6.07) is 14.6. The highest BCUT2D eigenvalue weighted by Gasteiger charge is 2.21. The Morgan fingerprint density at radius 3 is 2.33 bits per heavy atom. The summed E-state index contributed by atoms with van der Waals surface area (Å²) in [5.41, 5.74) is 2.94. The lowest BCUT2D eigenvalue weighted by Gasteiger charge is -2.20. The van der Waals surface area contributed by atoms with E-state index in [0.717, 1.165) is 29.9 Å². The SMILES string of the molecule is CC(CS(=O)(=O)c1ccc(N2CCC(c3ccc(Cl)cc3)=N2)cc1)N(C)C. The molecule has 27 heavy (non-hydrogen) atoms. The van der Waals surface area contributed by atoms with E-state index in [1.165, 1.54) is 0 Å². The van der Waals surface area contributed by atoms with Crippen molar-refractivity contribution in [1.29, 1.82) is 0 Å². The van der Waals surface area contributed by atoms with Crippen molar-refractivity contribution < 1.29 is 8.42 Å². The summed E-state index contributed by atoms with van der Waals surface area (Å²) in [5, 5.41) is 7.28. The van der Waals surface area contributed by atoms with Crippen molar-refractivity contribution >= 4 is 32.8 Å². The van der Waals surface area contributed by atoms with Crippen LogP contribution in [0.2, 0.25) is 5.02 Å². The lowest BCUT2D eigenvalue weighted by molar-refractivity contribution is 0.336. The number of nitrogens with zero attached hydrogens (tertiary/aromatic N) is 3. The fourth-order valence-electron chi connectivity index (χ4n) is 2.88. The Balaban J connectivity index is 1.75. The van der Waals surface area contributed by atoms with Crippen molar-refractivity contribution in [2.24, 2.45) is 5.10 Å². The normalized spacial score (nSPS) is 15.9. The third-order valence-electron chi connectivity index (χ3n) is 4.82. The maximum Gasteiger partial charge on any atom is 0.179 e. The third-order valence-corrected chi connectivity index (χ3v) is 6.98. The Kier molecular flexibility index (Phi) is 5.89. The molecule has 1 atom stereocenters. The molecule has 1 aliphatic rings. The van der Waals surface area contributed by atoms with Gasteiger partial charge in [0.25, 0.3) is 0 Å². The van der Waals surface area contributed by atoms with Crippen molar-refractivity contribution in [3.63, 3.8) is 0 Å². The van der Waals surface area contributed by atoms with Crippen molar-refractivity contribution in [2.75, 3.05) is 31.4 Å². The fourth-order valence-corrected chi connectivity index (χ4v) is 4.68. The second-order valence-corrected chi connectivity index (χ2v) is 9.49. The molecule has 0 spiro atoms. The molecular formula is C20H24ClN3O2S. The molecule has 2 aromatic carbocycles. The van der Waals surface area contributed by atoms with Crippen LogP contribution in [0.5, 0.6) is 0 Å². The molecule has 3 rings (SSSR count). The molecule has 0 fully saturated rings. The summed E-state index contributed by atoms with van der Waals surface area (Å²) in [5.74, 6) is 0.0991. The van der Waals surface area contributed by atoms with Crippen LogP contribution in [-0.2, 0) is 9.84 Å². The van der Waals surface area contributed by atoms with Crippen molar-refractivity contribution in [2.45, 2.75) is 24.3 Å². The molecule has 144 valence electrons. The van der Waals surface area contributed by atoms with Crippen LogP contribution in [-0.4, -0.2) is 51.5 Å². The first-order valence-corrected chi connectivity index (χ1v) is 10.9. The van der Waals surface area contributed by atoms with Crippen LogP contribution >= 0.6 is 11.6 Å². The quantitative estimate of drug-likeness (QED) is 0.735. The molecule has 7 heteroatoms. The minimum atomic E-state index is -3.31. The van der Waals surface area contributed by atoms with Crippen LogP contribution in [0.1, 0.15) is 18.9 Å². The number of sulfone groups is 1. The number of hydrogen-bond donors (Lipinski definition) is 0. The second-order valence-electron chi connectivity index (χ2n) is 7.01. The highest BCUT2D eigenvalue weighted by atomic mass is 35.5. The molecule has 2 aromatic rings. The Labute approximate surface area is 166 Å². The first-order valence-electron chi connectivity index (χ1n) is 8.86. The number of hydrazone groups is 1. The second kappa shape index (κ2) is 8.00. The Morgan fingerprint density at radius 2 is 1.74 bits per heavy atom. The van der Waals surface area contributed by atoms with E-state index in [0.29, 0.717) is 9.92 Å². The van der Waals surface area contributed by atoms with Gasteiger partial charge in [-0.05, 0) is 63.0 Å². The molecule has 0 saturated heterocycles. The van der Waals surface area contributed by atoms with E-state index in [4.69, 9.17) is 11.6 Å². The van der Waals surface area contributed by atoms with Crippen LogP contribution in [0, 0.1) is 0 Å². The van der Waals surface area contributed by atoms with Gasteiger partial charge >= 0.3 is 0 Å². The molecule has 0 bridgehead atoms. The molecule has 1 aliphatic heterocycles. The summed E-state index contributed by atoms with van der Waals surface area (Å²) < 4.78 is 25.1. The molecule has 5 nitrogen and oxygen atoms in total. The molecule has 0 N–H and O–H groups in total. The van der Waals surface area contributed by atoms with Crippen LogP contribution in [0.3, 0.4) is 0 Å². The van der Waals surface area contributed by atoms with Gasteiger partial charge in [-0.1, -0.05) is 23.7 Å². The maximum absolute atomic E-state index is 12.6. The number of anilines is 1. The molecule has 0 radical (unpaired) electrons. The van der Waals surface area contributed by atoms with Gasteiger partial charge in [-0.2, -0.15) is 5.10 Å². The smallest absolute Gasteiger partial charge is 0.179 e. The highest BCUT2D eigenvalue weighted by molar-refractivity contribution is 7.91. The summed E-state index contributed by atoms with van der Waals surface area (Å²) in [7, 11) is 0.453. The Hall–Kier alpha value is -1.89. The van der Waals surface area contributed by atoms with E-state index in [9.17, 15) is 8.42 Å². The van der Waals surface area contributed by atoms with E-state index in [2.05, 4.69) is 5.10 Å². The number of hydrogen-bond acceptors (Lipinski definition) is 5. The molecule has 0 aliphatic carbocycles. The standard InChI is InChI=1S/C20H24ClN3O2S/c1-15(23(2)3)14-27(25,26)19-10-8-18(9-11-19)24-13-12-20(22-24)16-4-6-17(21)7-5-16/h4-11,15H,12-14H2,1-3H3. The van der Waals surface area contributed by atoms with Crippen molar-refractivity contribution in [1.82, 2.24) is 4.90 Å². The van der Waals surface area contributed by atoms with Gasteiger partial charge in [-0.15, -0.1) is 0 Å². The maximum atomic E-state index is 12.6. The molecule has 0 amide bonds. The van der Waals surface area contributed by atoms with E-state index in [1.807, 2.05) is 67.3 Å². The topological polar surface area (TPSA) is 53.0 Å². The molecular weight excluding hydrogens is 382 g/mol. The Bertz CT molecular complexity index is 923. The van der Waals surface area contributed by atoms with Crippen LogP contribution in [0.25, 0.3) is 0 Å². The first-order chi connectivity index (χ1) is 12.8. The van der Waals surface area contributed by atoms with Crippen LogP contribution in [0.4, 0.5) is 5.69 Å². The van der Waals surface area contributed by atoms with Gasteiger partial charge in [0.1, 0.15) is 0 Å². The third kappa shape index (κ3) is 4.69. The molecule has 0 aromatic heterocycles. The van der Waals surface area contributed by atoms with Crippen LogP contribution < -0.4 is 5.01 Å². The van der Waals surface area contributed by atoms with Gasteiger partial charge in [0.2, 0.25) is 0 Å². The summed E-state index contributed by atoms with van der Waals surface area (Å²) >= 11 is 5.94. The predicted molar refractivity (Wildman–Crippen MR) is 112 cm³/mol. The van der Waals surface area contributed by atoms with Gasteiger partial charge in [-0.25, -0.2) is 8.42 Å². The fraction of sp³-hybridized carbons (Fsp3) is 0.350. The van der Waals surface area contributed by atoms with Gasteiger partial charge in [0, 0.05) is 24.0 Å². The van der Waals surface area contributed by atoms with Crippen LogP contribution in [0.15, 0.2) is 58.5 Å². The largest absolute Gasteiger partial charge is 0.306 e. The van der Waals surface area contributed by atoms with Gasteiger partial charge < -0.3 is 4.90 Å². The van der Waals surface area contributed by atoms with Crippen molar-refractivity contribution in [3.8, 4) is 0 Å². The monoisotopic (exact) mass is 405 g/mol. The van der Waals surface area contributed by atoms with Gasteiger partial charge in [-0.3, -0.25) is 5.01 Å². The minimum absolute atomic E-state index is 0.0419. The van der Waals surface area contributed by atoms with E-state index in [1.54, 1.807) is 12.1 Å². The van der Waals surface area contributed by atoms with E-state index in [-0.39, 0.29) is 11.8 Å². The van der Waals surface area contributed by atoms with Gasteiger partial charge in [0.15, 0.2) is 9.84 Å². The highest BCUT2D eigenvalue weighted by Crippen LogP contribution is 2.24. The van der Waals surface area contributed by atoms with Gasteiger partial charge in [0.05, 0.1) is 22.0 Å². The zero-order valence-electron chi connectivity index (χ0n) is 15.8. The molecule has 1 heterocycles. The summed E-state index contributed by atoms with van der Waals surface area (Å²) in [6.45, 7) is 2.67. The van der Waals surface area contributed by atoms with E-state index >= 15 is 0 Å². The number of benzene rings is 2. The first kappa shape index (κ1) is 19.9. The zero-order valence-corrected chi connectivity index (χ0v) is 17.3. The average Bonchev–Trinajstić information content (AvgIpc) is 3.12. The Morgan fingerprint density at radius 1 is 1.11 bits per heavy atom. The number of halogens is 1. The van der Waals surface area contributed by atoms with Crippen molar-refractivity contribution in [3.05, 3.63) is 59.1 Å².